The van der Waals surface area contributed by atoms with Gasteiger partial charge in [-0.3, -0.25) is 14.6 Å². The van der Waals surface area contributed by atoms with Gasteiger partial charge in [-0.1, -0.05) is 24.3 Å². The van der Waals surface area contributed by atoms with Crippen molar-refractivity contribution in [2.75, 3.05) is 26.7 Å². The SMILES string of the molecule is COc1ccccc1CCCNC(=O)[C@@H]1CCC(=O)N(CCc2ccccn2)C1. The number of pyridine rings is 1. The van der Waals surface area contributed by atoms with Crippen molar-refractivity contribution in [2.24, 2.45) is 5.92 Å². The maximum absolute atomic E-state index is 12.6. The summed E-state index contributed by atoms with van der Waals surface area (Å²) in [5, 5.41) is 3.04. The van der Waals surface area contributed by atoms with Crippen molar-refractivity contribution in [3.8, 4) is 5.75 Å². The van der Waals surface area contributed by atoms with Crippen molar-refractivity contribution >= 4 is 11.8 Å². The number of carbonyl (C=O) groups is 2. The first-order valence-electron chi connectivity index (χ1n) is 10.2. The van der Waals surface area contributed by atoms with E-state index in [1.54, 1.807) is 18.2 Å². The highest BCUT2D eigenvalue weighted by atomic mass is 16.5. The standard InChI is InChI=1S/C23H29N3O3/c1-29-21-10-3-2-7-18(21)8-6-15-25-23(28)19-11-12-22(27)26(17-19)16-13-20-9-4-5-14-24-20/h2-5,7,9-10,14,19H,6,8,11-13,15-17H2,1H3,(H,25,28)/t19-/m1/s1. The summed E-state index contributed by atoms with van der Waals surface area (Å²) >= 11 is 0. The number of para-hydroxylation sites is 1. The van der Waals surface area contributed by atoms with Crippen molar-refractivity contribution in [1.82, 2.24) is 15.2 Å². The average molecular weight is 396 g/mol. The van der Waals surface area contributed by atoms with Gasteiger partial charge in [-0.25, -0.2) is 0 Å². The molecule has 1 aromatic heterocycles. The maximum Gasteiger partial charge on any atom is 0.224 e. The molecule has 1 saturated heterocycles. The molecule has 3 rings (SSSR count). The number of aromatic nitrogens is 1. The Morgan fingerprint density at radius 1 is 1.21 bits per heavy atom. The average Bonchev–Trinajstić information content (AvgIpc) is 2.77. The van der Waals surface area contributed by atoms with Gasteiger partial charge in [0.15, 0.2) is 0 Å². The van der Waals surface area contributed by atoms with Crippen LogP contribution in [0.2, 0.25) is 0 Å². The molecule has 1 N–H and O–H groups in total. The number of benzene rings is 1. The molecule has 2 aromatic rings. The lowest BCUT2D eigenvalue weighted by Crippen LogP contribution is -2.46. The fourth-order valence-corrected chi connectivity index (χ4v) is 3.68. The van der Waals surface area contributed by atoms with Crippen molar-refractivity contribution in [3.05, 3.63) is 59.9 Å². The molecular formula is C23H29N3O3. The van der Waals surface area contributed by atoms with E-state index in [2.05, 4.69) is 10.3 Å². The Hall–Kier alpha value is -2.89. The molecule has 1 aliphatic heterocycles. The molecule has 6 heteroatoms. The lowest BCUT2D eigenvalue weighted by molar-refractivity contribution is -0.138. The van der Waals surface area contributed by atoms with Gasteiger partial charge >= 0.3 is 0 Å². The minimum absolute atomic E-state index is 0.0420. The predicted molar refractivity (Wildman–Crippen MR) is 112 cm³/mol. The highest BCUT2D eigenvalue weighted by Gasteiger charge is 2.29. The molecule has 0 unspecified atom stereocenters. The topological polar surface area (TPSA) is 71.5 Å². The molecule has 1 aliphatic rings. The largest absolute Gasteiger partial charge is 0.496 e. The Labute approximate surface area is 172 Å². The van der Waals surface area contributed by atoms with E-state index < -0.39 is 0 Å². The van der Waals surface area contributed by atoms with E-state index in [0.717, 1.165) is 29.8 Å². The van der Waals surface area contributed by atoms with E-state index in [0.29, 0.717) is 38.9 Å². The van der Waals surface area contributed by atoms with Gasteiger partial charge in [-0.05, 0) is 43.0 Å². The summed E-state index contributed by atoms with van der Waals surface area (Å²) in [6, 6.07) is 13.7. The van der Waals surface area contributed by atoms with Gasteiger partial charge in [0.1, 0.15) is 5.75 Å². The molecule has 1 aromatic carbocycles. The summed E-state index contributed by atoms with van der Waals surface area (Å²) in [5.41, 5.74) is 2.11. The van der Waals surface area contributed by atoms with Crippen LogP contribution < -0.4 is 10.1 Å². The molecule has 0 aliphatic carbocycles. The number of nitrogens with zero attached hydrogens (tertiary/aromatic N) is 2. The van der Waals surface area contributed by atoms with Crippen molar-refractivity contribution in [3.63, 3.8) is 0 Å². The van der Waals surface area contributed by atoms with E-state index in [4.69, 9.17) is 4.74 Å². The number of nitrogens with one attached hydrogen (secondary N) is 1. The number of hydrogen-bond acceptors (Lipinski definition) is 4. The van der Waals surface area contributed by atoms with Gasteiger partial charge in [0.05, 0.1) is 13.0 Å². The molecule has 0 spiro atoms. The fraction of sp³-hybridized carbons (Fsp3) is 0.435. The first kappa shape index (κ1) is 20.8. The molecule has 1 fully saturated rings. The van der Waals surface area contributed by atoms with Crippen molar-refractivity contribution in [1.29, 1.82) is 0 Å². The van der Waals surface area contributed by atoms with Crippen LogP contribution in [0.15, 0.2) is 48.7 Å². The zero-order valence-electron chi connectivity index (χ0n) is 17.0. The number of ether oxygens (including phenoxy) is 1. The van der Waals surface area contributed by atoms with Gasteiger partial charge < -0.3 is 15.0 Å². The fourth-order valence-electron chi connectivity index (χ4n) is 3.68. The second kappa shape index (κ2) is 10.6. The van der Waals surface area contributed by atoms with Crippen molar-refractivity contribution < 1.29 is 14.3 Å². The monoisotopic (exact) mass is 395 g/mol. The third kappa shape index (κ3) is 6.04. The smallest absolute Gasteiger partial charge is 0.224 e. The van der Waals surface area contributed by atoms with Gasteiger partial charge in [-0.15, -0.1) is 0 Å². The van der Waals surface area contributed by atoms with Crippen LogP contribution in [0, 0.1) is 5.92 Å². The molecule has 2 amide bonds. The third-order valence-corrected chi connectivity index (χ3v) is 5.35. The number of piperidine rings is 1. The molecule has 0 radical (unpaired) electrons. The van der Waals surface area contributed by atoms with Crippen LogP contribution in [-0.4, -0.2) is 48.4 Å². The van der Waals surface area contributed by atoms with E-state index >= 15 is 0 Å². The van der Waals surface area contributed by atoms with Crippen LogP contribution in [-0.2, 0) is 22.4 Å². The molecule has 0 bridgehead atoms. The minimum atomic E-state index is -0.136. The lowest BCUT2D eigenvalue weighted by atomic mass is 9.96. The summed E-state index contributed by atoms with van der Waals surface area (Å²) in [6.45, 7) is 1.71. The number of carbonyl (C=O) groups excluding carboxylic acids is 2. The summed E-state index contributed by atoms with van der Waals surface area (Å²) in [4.78, 5) is 30.9. The van der Waals surface area contributed by atoms with Crippen LogP contribution in [0.3, 0.4) is 0 Å². The molecule has 154 valence electrons. The predicted octanol–water partition coefficient (Wildman–Crippen LogP) is 2.62. The van der Waals surface area contributed by atoms with Crippen LogP contribution in [0.25, 0.3) is 0 Å². The molecule has 29 heavy (non-hydrogen) atoms. The highest BCUT2D eigenvalue weighted by molar-refractivity contribution is 5.83. The lowest BCUT2D eigenvalue weighted by Gasteiger charge is -2.32. The number of rotatable bonds is 9. The van der Waals surface area contributed by atoms with E-state index in [1.807, 2.05) is 42.5 Å². The second-order valence-corrected chi connectivity index (χ2v) is 7.35. The Kier molecular flexibility index (Phi) is 7.61. The highest BCUT2D eigenvalue weighted by Crippen LogP contribution is 2.20. The Morgan fingerprint density at radius 2 is 2.03 bits per heavy atom. The summed E-state index contributed by atoms with van der Waals surface area (Å²) in [6.07, 6.45) is 5.22. The van der Waals surface area contributed by atoms with Gasteiger partial charge in [0.25, 0.3) is 0 Å². The number of amides is 2. The second-order valence-electron chi connectivity index (χ2n) is 7.35. The maximum atomic E-state index is 12.6. The van der Waals surface area contributed by atoms with E-state index in [1.165, 1.54) is 0 Å². The number of methoxy groups -OCH3 is 1. The van der Waals surface area contributed by atoms with Crippen molar-refractivity contribution in [2.45, 2.75) is 32.1 Å². The van der Waals surface area contributed by atoms with Crippen LogP contribution in [0.5, 0.6) is 5.75 Å². The van der Waals surface area contributed by atoms with Gasteiger partial charge in [0.2, 0.25) is 11.8 Å². The quantitative estimate of drug-likeness (QED) is 0.663. The normalized spacial score (nSPS) is 16.5. The van der Waals surface area contributed by atoms with Crippen LogP contribution >= 0.6 is 0 Å². The Morgan fingerprint density at radius 3 is 2.83 bits per heavy atom. The Bertz CT molecular complexity index is 810. The summed E-state index contributed by atoms with van der Waals surface area (Å²) in [5.74, 6) is 0.914. The number of likely N-dealkylation sites (tertiary alicyclic amines) is 1. The van der Waals surface area contributed by atoms with Gasteiger partial charge in [-0.2, -0.15) is 0 Å². The number of hydrogen-bond donors (Lipinski definition) is 1. The minimum Gasteiger partial charge on any atom is -0.496 e. The number of aryl methyl sites for hydroxylation is 1. The first-order valence-corrected chi connectivity index (χ1v) is 10.2. The summed E-state index contributed by atoms with van der Waals surface area (Å²) in [7, 11) is 1.67. The third-order valence-electron chi connectivity index (χ3n) is 5.35. The van der Waals surface area contributed by atoms with E-state index in [9.17, 15) is 9.59 Å². The molecule has 6 nitrogen and oxygen atoms in total. The van der Waals surface area contributed by atoms with Crippen LogP contribution in [0.4, 0.5) is 0 Å². The van der Waals surface area contributed by atoms with Gasteiger partial charge in [0, 0.05) is 44.4 Å². The molecule has 2 heterocycles. The van der Waals surface area contributed by atoms with E-state index in [-0.39, 0.29) is 17.7 Å². The Balaban J connectivity index is 1.42. The zero-order valence-corrected chi connectivity index (χ0v) is 17.0. The zero-order chi connectivity index (χ0) is 20.5. The summed E-state index contributed by atoms with van der Waals surface area (Å²) < 4.78 is 5.37. The molecule has 1 atom stereocenters. The van der Waals surface area contributed by atoms with Crippen LogP contribution in [0.1, 0.15) is 30.5 Å². The molecule has 0 saturated carbocycles. The first-order chi connectivity index (χ1) is 14.2. The molecular weight excluding hydrogens is 366 g/mol.